The Morgan fingerprint density at radius 3 is 2.37 bits per heavy atom. The van der Waals surface area contributed by atoms with Gasteiger partial charge < -0.3 is 25.2 Å². The molecule has 1 unspecified atom stereocenters. The number of ether oxygens (including phenoxy) is 1. The highest BCUT2D eigenvalue weighted by atomic mass is 16.5. The molecule has 1 aliphatic heterocycles. The van der Waals surface area contributed by atoms with Crippen molar-refractivity contribution in [2.75, 3.05) is 31.4 Å². The summed E-state index contributed by atoms with van der Waals surface area (Å²) < 4.78 is 5.07. The lowest BCUT2D eigenvalue weighted by molar-refractivity contribution is -0.122. The normalized spacial score (nSPS) is 16.5. The number of rotatable bonds is 3. The van der Waals surface area contributed by atoms with Gasteiger partial charge in [0, 0.05) is 19.8 Å². The SMILES string of the molecule is COc1ccc(NC(=O)NC2C(=O)N(C)c3ccccc3C(=O)N2C)cc1. The average molecular weight is 368 g/mol. The lowest BCUT2D eigenvalue weighted by Crippen LogP contribution is -2.56. The Morgan fingerprint density at radius 2 is 1.70 bits per heavy atom. The van der Waals surface area contributed by atoms with Gasteiger partial charge in [0.15, 0.2) is 6.17 Å². The van der Waals surface area contributed by atoms with Crippen molar-refractivity contribution in [2.24, 2.45) is 0 Å². The van der Waals surface area contributed by atoms with Gasteiger partial charge in [-0.2, -0.15) is 0 Å². The lowest BCUT2D eigenvalue weighted by atomic mass is 10.1. The molecule has 0 spiro atoms. The minimum absolute atomic E-state index is 0.349. The second-order valence-electron chi connectivity index (χ2n) is 6.06. The average Bonchev–Trinajstić information content (AvgIpc) is 2.75. The van der Waals surface area contributed by atoms with Crippen LogP contribution in [-0.4, -0.2) is 50.1 Å². The highest BCUT2D eigenvalue weighted by Crippen LogP contribution is 2.25. The lowest BCUT2D eigenvalue weighted by Gasteiger charge is -2.27. The number of nitrogens with zero attached hydrogens (tertiary/aromatic N) is 2. The van der Waals surface area contributed by atoms with Crippen molar-refractivity contribution >= 4 is 29.2 Å². The predicted molar refractivity (Wildman–Crippen MR) is 101 cm³/mol. The highest BCUT2D eigenvalue weighted by Gasteiger charge is 2.37. The Kier molecular flexibility index (Phi) is 4.98. The molecular formula is C19H20N4O4. The molecule has 8 nitrogen and oxygen atoms in total. The van der Waals surface area contributed by atoms with E-state index in [9.17, 15) is 14.4 Å². The monoisotopic (exact) mass is 368 g/mol. The molecule has 2 aromatic carbocycles. The summed E-state index contributed by atoms with van der Waals surface area (Å²) in [6.45, 7) is 0. The van der Waals surface area contributed by atoms with E-state index in [-0.39, 0.29) is 5.91 Å². The summed E-state index contributed by atoms with van der Waals surface area (Å²) in [6, 6.07) is 13.0. The van der Waals surface area contributed by atoms with Gasteiger partial charge in [0.25, 0.3) is 11.8 Å². The second kappa shape index (κ2) is 7.36. The van der Waals surface area contributed by atoms with Gasteiger partial charge in [0.05, 0.1) is 18.4 Å². The number of carbonyl (C=O) groups excluding carboxylic acids is 3. The number of likely N-dealkylation sites (N-methyl/N-ethyl adjacent to an activating group) is 2. The van der Waals surface area contributed by atoms with Gasteiger partial charge in [-0.1, -0.05) is 12.1 Å². The van der Waals surface area contributed by atoms with Crippen molar-refractivity contribution in [3.63, 3.8) is 0 Å². The van der Waals surface area contributed by atoms with E-state index in [0.717, 1.165) is 0 Å². The van der Waals surface area contributed by atoms with Crippen molar-refractivity contribution in [3.8, 4) is 5.75 Å². The van der Waals surface area contributed by atoms with Crippen LogP contribution in [0.15, 0.2) is 48.5 Å². The van der Waals surface area contributed by atoms with E-state index in [0.29, 0.717) is 22.7 Å². The molecule has 0 aromatic heterocycles. The molecule has 0 aliphatic carbocycles. The second-order valence-corrected chi connectivity index (χ2v) is 6.06. The number of benzene rings is 2. The van der Waals surface area contributed by atoms with Crippen LogP contribution in [0.3, 0.4) is 0 Å². The molecule has 0 bridgehead atoms. The third kappa shape index (κ3) is 3.55. The number of anilines is 2. The molecule has 2 N–H and O–H groups in total. The van der Waals surface area contributed by atoms with Crippen LogP contribution in [0.1, 0.15) is 10.4 Å². The van der Waals surface area contributed by atoms with Crippen LogP contribution >= 0.6 is 0 Å². The molecule has 8 heteroatoms. The third-order valence-corrected chi connectivity index (χ3v) is 4.38. The van der Waals surface area contributed by atoms with Crippen molar-refractivity contribution < 1.29 is 19.1 Å². The summed E-state index contributed by atoms with van der Waals surface area (Å²) in [5, 5.41) is 5.20. The molecule has 140 valence electrons. The Morgan fingerprint density at radius 1 is 1.04 bits per heavy atom. The standard InChI is InChI=1S/C19H20N4O4/c1-22-15-7-5-4-6-14(15)17(24)23(2)16(18(22)25)21-19(26)20-12-8-10-13(27-3)11-9-12/h4-11,16H,1-3H3,(H2,20,21,26). The molecule has 0 fully saturated rings. The molecule has 2 aromatic rings. The van der Waals surface area contributed by atoms with E-state index in [4.69, 9.17) is 4.74 Å². The minimum atomic E-state index is -1.13. The van der Waals surface area contributed by atoms with Crippen molar-refractivity contribution in [2.45, 2.75) is 6.17 Å². The first-order valence-corrected chi connectivity index (χ1v) is 8.27. The number of fused-ring (bicyclic) bond motifs is 1. The molecule has 1 atom stereocenters. The summed E-state index contributed by atoms with van der Waals surface area (Å²) in [5.41, 5.74) is 1.43. The maximum Gasteiger partial charge on any atom is 0.321 e. The Hall–Kier alpha value is -3.55. The van der Waals surface area contributed by atoms with Gasteiger partial charge in [-0.3, -0.25) is 9.59 Å². The van der Waals surface area contributed by atoms with E-state index < -0.39 is 18.1 Å². The van der Waals surface area contributed by atoms with Gasteiger partial charge in [-0.15, -0.1) is 0 Å². The fourth-order valence-electron chi connectivity index (χ4n) is 2.85. The van der Waals surface area contributed by atoms with E-state index in [1.54, 1.807) is 62.7 Å². The fraction of sp³-hybridized carbons (Fsp3) is 0.211. The molecule has 27 heavy (non-hydrogen) atoms. The number of para-hydroxylation sites is 1. The number of hydrogen-bond donors (Lipinski definition) is 2. The van der Waals surface area contributed by atoms with Gasteiger partial charge in [-0.25, -0.2) is 4.79 Å². The highest BCUT2D eigenvalue weighted by molar-refractivity contribution is 6.11. The summed E-state index contributed by atoms with van der Waals surface area (Å²) in [6.07, 6.45) is -1.13. The molecule has 0 saturated heterocycles. The third-order valence-electron chi connectivity index (χ3n) is 4.38. The molecule has 3 rings (SSSR count). The fourth-order valence-corrected chi connectivity index (χ4v) is 2.85. The zero-order chi connectivity index (χ0) is 19.6. The first-order chi connectivity index (χ1) is 12.9. The van der Waals surface area contributed by atoms with E-state index >= 15 is 0 Å². The first-order valence-electron chi connectivity index (χ1n) is 8.27. The topological polar surface area (TPSA) is 91.0 Å². The van der Waals surface area contributed by atoms with Crippen molar-refractivity contribution in [3.05, 3.63) is 54.1 Å². The van der Waals surface area contributed by atoms with Gasteiger partial charge in [0.2, 0.25) is 0 Å². The van der Waals surface area contributed by atoms with Crippen LogP contribution in [0.2, 0.25) is 0 Å². The predicted octanol–water partition coefficient (Wildman–Crippen LogP) is 1.89. The van der Waals surface area contributed by atoms with E-state index in [2.05, 4.69) is 10.6 Å². The Balaban J connectivity index is 1.78. The summed E-state index contributed by atoms with van der Waals surface area (Å²) >= 11 is 0. The van der Waals surface area contributed by atoms with Gasteiger partial charge >= 0.3 is 6.03 Å². The maximum absolute atomic E-state index is 12.8. The van der Waals surface area contributed by atoms with Gasteiger partial charge in [-0.05, 0) is 36.4 Å². The van der Waals surface area contributed by atoms with Crippen LogP contribution in [0.5, 0.6) is 5.75 Å². The molecule has 0 saturated carbocycles. The summed E-state index contributed by atoms with van der Waals surface area (Å²) in [4.78, 5) is 40.5. The van der Waals surface area contributed by atoms with Crippen LogP contribution in [0.4, 0.5) is 16.2 Å². The molecule has 0 radical (unpaired) electrons. The number of methoxy groups -OCH3 is 1. The Labute approximate surface area is 156 Å². The molecule has 1 aliphatic rings. The van der Waals surface area contributed by atoms with Gasteiger partial charge in [0.1, 0.15) is 5.75 Å². The van der Waals surface area contributed by atoms with E-state index in [1.165, 1.54) is 16.8 Å². The number of hydrogen-bond acceptors (Lipinski definition) is 4. The first kappa shape index (κ1) is 18.2. The number of nitrogens with one attached hydrogen (secondary N) is 2. The molecular weight excluding hydrogens is 348 g/mol. The van der Waals surface area contributed by atoms with Crippen molar-refractivity contribution in [1.82, 2.24) is 10.2 Å². The summed E-state index contributed by atoms with van der Waals surface area (Å²) in [7, 11) is 4.60. The number of carbonyl (C=O) groups is 3. The van der Waals surface area contributed by atoms with E-state index in [1.807, 2.05) is 0 Å². The number of urea groups is 1. The number of amides is 4. The maximum atomic E-state index is 12.8. The zero-order valence-electron chi connectivity index (χ0n) is 15.2. The molecule has 4 amide bonds. The minimum Gasteiger partial charge on any atom is -0.497 e. The van der Waals surface area contributed by atoms with Crippen LogP contribution in [-0.2, 0) is 4.79 Å². The smallest absolute Gasteiger partial charge is 0.321 e. The zero-order valence-corrected chi connectivity index (χ0v) is 15.2. The largest absolute Gasteiger partial charge is 0.497 e. The Bertz CT molecular complexity index is 882. The van der Waals surface area contributed by atoms with Crippen LogP contribution < -0.4 is 20.3 Å². The molecule has 1 heterocycles. The van der Waals surface area contributed by atoms with Crippen molar-refractivity contribution in [1.29, 1.82) is 0 Å². The van der Waals surface area contributed by atoms with Crippen LogP contribution in [0.25, 0.3) is 0 Å². The van der Waals surface area contributed by atoms with Crippen LogP contribution in [0, 0.1) is 0 Å². The quantitative estimate of drug-likeness (QED) is 0.866. The summed E-state index contributed by atoms with van der Waals surface area (Å²) in [5.74, 6) is -0.108.